The lowest BCUT2D eigenvalue weighted by Gasteiger charge is -2.36. The molecule has 8 heteroatoms. The van der Waals surface area contributed by atoms with Crippen molar-refractivity contribution in [3.63, 3.8) is 0 Å². The maximum atomic E-state index is 12.1. The molecule has 3 aliphatic heterocycles. The fraction of sp³-hybridized carbons (Fsp3) is 0.480. The van der Waals surface area contributed by atoms with Gasteiger partial charge in [0.15, 0.2) is 0 Å². The number of carbonyl (C=O) groups is 1. The molecule has 3 aliphatic rings. The van der Waals surface area contributed by atoms with E-state index < -0.39 is 0 Å². The van der Waals surface area contributed by atoms with E-state index in [1.54, 1.807) is 6.92 Å². The molecule has 1 atom stereocenters. The molecule has 1 aromatic carbocycles. The Labute approximate surface area is 194 Å². The third-order valence-corrected chi connectivity index (χ3v) is 7.05. The number of aryl methyl sites for hydroxylation is 1. The predicted molar refractivity (Wildman–Crippen MR) is 128 cm³/mol. The fourth-order valence-electron chi connectivity index (χ4n) is 4.99. The Morgan fingerprint density at radius 3 is 2.76 bits per heavy atom. The second kappa shape index (κ2) is 8.67. The van der Waals surface area contributed by atoms with Gasteiger partial charge in [-0.05, 0) is 29.7 Å². The number of aromatic nitrogens is 2. The van der Waals surface area contributed by atoms with Crippen molar-refractivity contribution in [1.29, 1.82) is 5.41 Å². The Morgan fingerprint density at radius 1 is 1.30 bits per heavy atom. The van der Waals surface area contributed by atoms with Crippen LogP contribution in [0.25, 0.3) is 11.1 Å². The van der Waals surface area contributed by atoms with Gasteiger partial charge in [0, 0.05) is 68.1 Å². The standard InChI is InChI=1S/C25H32N6O2/c1-4-17-12-31(24-6-5-18(9-21(17)24)19-10-27-29(3)11-19)25(26)22-13-30(16(2)32)8-7-23(22)28-20-14-33-15-20/h5-6,9-11,17,20,26,28H,4,7-8,12-15H2,1-3H3/t17-/m0/s1. The van der Waals surface area contributed by atoms with Gasteiger partial charge < -0.3 is 19.9 Å². The first-order valence-electron chi connectivity index (χ1n) is 11.8. The van der Waals surface area contributed by atoms with Crippen LogP contribution in [0.15, 0.2) is 41.9 Å². The average molecular weight is 449 g/mol. The predicted octanol–water partition coefficient (Wildman–Crippen LogP) is 2.87. The van der Waals surface area contributed by atoms with E-state index in [-0.39, 0.29) is 5.91 Å². The molecule has 0 spiro atoms. The molecule has 0 saturated carbocycles. The molecule has 1 amide bonds. The van der Waals surface area contributed by atoms with E-state index >= 15 is 0 Å². The van der Waals surface area contributed by atoms with Crippen molar-refractivity contribution in [2.24, 2.45) is 7.05 Å². The Morgan fingerprint density at radius 2 is 2.12 bits per heavy atom. The molecule has 2 aromatic rings. The van der Waals surface area contributed by atoms with Gasteiger partial charge in [-0.1, -0.05) is 13.0 Å². The number of rotatable bonds is 5. The van der Waals surface area contributed by atoms with Crippen LogP contribution in [0.1, 0.15) is 38.2 Å². The van der Waals surface area contributed by atoms with E-state index in [0.29, 0.717) is 44.1 Å². The summed E-state index contributed by atoms with van der Waals surface area (Å²) in [7, 11) is 1.93. The topological polar surface area (TPSA) is 86.5 Å². The highest BCUT2D eigenvalue weighted by Crippen LogP contribution is 2.41. The molecule has 0 unspecified atom stereocenters. The van der Waals surface area contributed by atoms with Gasteiger partial charge in [0.1, 0.15) is 5.84 Å². The lowest BCUT2D eigenvalue weighted by Crippen LogP contribution is -2.49. The molecule has 1 fully saturated rings. The lowest BCUT2D eigenvalue weighted by molar-refractivity contribution is -0.128. The molecule has 4 heterocycles. The Hall–Kier alpha value is -3.13. The summed E-state index contributed by atoms with van der Waals surface area (Å²) in [4.78, 5) is 16.1. The van der Waals surface area contributed by atoms with Crippen molar-refractivity contribution in [3.8, 4) is 11.1 Å². The van der Waals surface area contributed by atoms with Gasteiger partial charge in [-0.3, -0.25) is 14.9 Å². The van der Waals surface area contributed by atoms with Crippen LogP contribution < -0.4 is 10.2 Å². The number of benzene rings is 1. The Bertz CT molecular complexity index is 1120. The molecule has 33 heavy (non-hydrogen) atoms. The first-order chi connectivity index (χ1) is 15.9. The van der Waals surface area contributed by atoms with Crippen molar-refractivity contribution in [3.05, 3.63) is 47.4 Å². The van der Waals surface area contributed by atoms with Gasteiger partial charge in [0.05, 0.1) is 32.0 Å². The summed E-state index contributed by atoms with van der Waals surface area (Å²) < 4.78 is 7.16. The minimum absolute atomic E-state index is 0.0562. The lowest BCUT2D eigenvalue weighted by atomic mass is 9.95. The minimum Gasteiger partial charge on any atom is -0.381 e. The number of hydrogen-bond donors (Lipinski definition) is 2. The SMILES string of the molecule is CC[C@H]1CN(C(=N)C2=C(NC3COC3)CCN(C(C)=O)C2)c2ccc(-c3cnn(C)c3)cc21. The van der Waals surface area contributed by atoms with Gasteiger partial charge >= 0.3 is 0 Å². The zero-order chi connectivity index (χ0) is 23.1. The minimum atomic E-state index is 0.0562. The molecule has 174 valence electrons. The zero-order valence-electron chi connectivity index (χ0n) is 19.6. The highest BCUT2D eigenvalue weighted by molar-refractivity contribution is 6.10. The van der Waals surface area contributed by atoms with Crippen molar-refractivity contribution in [2.75, 3.05) is 37.7 Å². The van der Waals surface area contributed by atoms with E-state index in [4.69, 9.17) is 4.74 Å². The first kappa shape index (κ1) is 21.7. The van der Waals surface area contributed by atoms with Gasteiger partial charge in [-0.25, -0.2) is 0 Å². The van der Waals surface area contributed by atoms with Crippen molar-refractivity contribution >= 4 is 17.4 Å². The number of nitrogens with zero attached hydrogens (tertiary/aromatic N) is 4. The van der Waals surface area contributed by atoms with Gasteiger partial charge in [-0.15, -0.1) is 0 Å². The molecule has 1 saturated heterocycles. The molecule has 1 aromatic heterocycles. The number of carbonyl (C=O) groups excluding carboxylic acids is 1. The first-order valence-corrected chi connectivity index (χ1v) is 11.8. The maximum Gasteiger partial charge on any atom is 0.219 e. The van der Waals surface area contributed by atoms with Crippen LogP contribution in [0.3, 0.4) is 0 Å². The highest BCUT2D eigenvalue weighted by atomic mass is 16.5. The summed E-state index contributed by atoms with van der Waals surface area (Å²) >= 11 is 0. The van der Waals surface area contributed by atoms with Crippen molar-refractivity contribution < 1.29 is 9.53 Å². The van der Waals surface area contributed by atoms with Crippen LogP contribution in [0.4, 0.5) is 5.69 Å². The summed E-state index contributed by atoms with van der Waals surface area (Å²) in [5, 5.41) is 17.1. The number of ether oxygens (including phenoxy) is 1. The van der Waals surface area contributed by atoms with Crippen LogP contribution in [-0.4, -0.2) is 65.3 Å². The average Bonchev–Trinajstić information content (AvgIpc) is 3.38. The molecule has 2 N–H and O–H groups in total. The van der Waals surface area contributed by atoms with E-state index in [0.717, 1.165) is 47.5 Å². The second-order valence-electron chi connectivity index (χ2n) is 9.27. The molecule has 5 rings (SSSR count). The third kappa shape index (κ3) is 4.04. The molecule has 0 radical (unpaired) electrons. The normalized spacial score (nSPS) is 20.6. The number of amidine groups is 1. The third-order valence-electron chi connectivity index (χ3n) is 7.05. The van der Waals surface area contributed by atoms with Gasteiger partial charge in [0.25, 0.3) is 0 Å². The fourth-order valence-corrected chi connectivity index (χ4v) is 4.99. The second-order valence-corrected chi connectivity index (χ2v) is 9.27. The quantitative estimate of drug-likeness (QED) is 0.543. The van der Waals surface area contributed by atoms with Crippen molar-refractivity contribution in [2.45, 2.75) is 38.6 Å². The summed E-state index contributed by atoms with van der Waals surface area (Å²) in [6, 6.07) is 6.82. The molecule has 8 nitrogen and oxygen atoms in total. The summed E-state index contributed by atoms with van der Waals surface area (Å²) in [5.74, 6) is 0.914. The van der Waals surface area contributed by atoms with Crippen LogP contribution in [-0.2, 0) is 16.6 Å². The number of nitrogens with one attached hydrogen (secondary N) is 2. The van der Waals surface area contributed by atoms with Crippen molar-refractivity contribution in [1.82, 2.24) is 20.0 Å². The summed E-state index contributed by atoms with van der Waals surface area (Å²) in [6.45, 7) is 7.15. The van der Waals surface area contributed by atoms with Gasteiger partial charge in [0.2, 0.25) is 5.91 Å². The molecular weight excluding hydrogens is 416 g/mol. The van der Waals surface area contributed by atoms with E-state index in [2.05, 4.69) is 40.4 Å². The van der Waals surface area contributed by atoms with E-state index in [9.17, 15) is 10.2 Å². The molecular formula is C25H32N6O2. The summed E-state index contributed by atoms with van der Waals surface area (Å²) in [6.07, 6.45) is 5.67. The number of anilines is 1. The maximum absolute atomic E-state index is 12.1. The number of amides is 1. The number of fused-ring (bicyclic) bond motifs is 1. The van der Waals surface area contributed by atoms with Crippen LogP contribution in [0.5, 0.6) is 0 Å². The zero-order valence-corrected chi connectivity index (χ0v) is 19.6. The van der Waals surface area contributed by atoms with E-state index in [1.165, 1.54) is 5.56 Å². The van der Waals surface area contributed by atoms with Crippen LogP contribution in [0.2, 0.25) is 0 Å². The largest absolute Gasteiger partial charge is 0.381 e. The monoisotopic (exact) mass is 448 g/mol. The van der Waals surface area contributed by atoms with Crippen LogP contribution >= 0.6 is 0 Å². The Kier molecular flexibility index (Phi) is 5.70. The molecule has 0 aliphatic carbocycles. The van der Waals surface area contributed by atoms with Crippen LogP contribution in [0, 0.1) is 5.41 Å². The summed E-state index contributed by atoms with van der Waals surface area (Å²) in [5.41, 5.74) is 6.64. The highest BCUT2D eigenvalue weighted by Gasteiger charge is 2.34. The Balaban J connectivity index is 1.48. The molecule has 0 bridgehead atoms. The number of hydrogen-bond acceptors (Lipinski definition) is 5. The van der Waals surface area contributed by atoms with E-state index in [1.807, 2.05) is 29.0 Å². The van der Waals surface area contributed by atoms with Gasteiger partial charge in [-0.2, -0.15) is 5.10 Å². The smallest absolute Gasteiger partial charge is 0.219 e.